The van der Waals surface area contributed by atoms with Crippen LogP contribution < -0.4 is 5.32 Å². The summed E-state index contributed by atoms with van der Waals surface area (Å²) in [6.07, 6.45) is 5.39. The lowest BCUT2D eigenvalue weighted by Gasteiger charge is -2.17. The number of aliphatic carboxylic acids is 1. The number of pyridine rings is 1. The van der Waals surface area contributed by atoms with Gasteiger partial charge in [-0.25, -0.2) is 0 Å². The Morgan fingerprint density at radius 1 is 1.29 bits per heavy atom. The lowest BCUT2D eigenvalue weighted by Crippen LogP contribution is -2.31. The number of aryl methyl sites for hydroxylation is 1. The van der Waals surface area contributed by atoms with Gasteiger partial charge in [-0.2, -0.15) is 0 Å². The zero-order valence-corrected chi connectivity index (χ0v) is 12.7. The van der Waals surface area contributed by atoms with Crippen LogP contribution in [0.3, 0.4) is 0 Å². The molecule has 1 aromatic heterocycles. The molecule has 0 saturated heterocycles. The first kappa shape index (κ1) is 17.1. The van der Waals surface area contributed by atoms with Crippen molar-refractivity contribution in [3.63, 3.8) is 0 Å². The van der Waals surface area contributed by atoms with Crippen LogP contribution in [0.1, 0.15) is 38.7 Å². The Morgan fingerprint density at radius 3 is 2.52 bits per heavy atom. The highest BCUT2D eigenvalue weighted by molar-refractivity contribution is 5.76. The molecule has 1 atom stereocenters. The molecular formula is C16H24N2O3. The zero-order valence-electron chi connectivity index (χ0n) is 12.7. The first-order valence-electron chi connectivity index (χ1n) is 7.34. The highest BCUT2D eigenvalue weighted by Gasteiger charge is 2.16. The van der Waals surface area contributed by atoms with Gasteiger partial charge in [0, 0.05) is 31.8 Å². The van der Waals surface area contributed by atoms with E-state index in [0.717, 1.165) is 12.0 Å². The van der Waals surface area contributed by atoms with Gasteiger partial charge in [0.15, 0.2) is 0 Å². The molecule has 1 rings (SSSR count). The number of hydrogen-bond donors (Lipinski definition) is 2. The van der Waals surface area contributed by atoms with Gasteiger partial charge < -0.3 is 10.4 Å². The molecule has 1 aromatic rings. The molecule has 0 unspecified atom stereocenters. The highest BCUT2D eigenvalue weighted by atomic mass is 16.4. The fourth-order valence-electron chi connectivity index (χ4n) is 2.31. The van der Waals surface area contributed by atoms with E-state index in [-0.39, 0.29) is 18.2 Å². The summed E-state index contributed by atoms with van der Waals surface area (Å²) in [5.41, 5.74) is 1.07. The summed E-state index contributed by atoms with van der Waals surface area (Å²) in [6.45, 7) is 4.54. The number of nitrogens with zero attached hydrogens (tertiary/aromatic N) is 1. The van der Waals surface area contributed by atoms with Gasteiger partial charge in [-0.15, -0.1) is 0 Å². The summed E-state index contributed by atoms with van der Waals surface area (Å²) in [4.78, 5) is 26.6. The van der Waals surface area contributed by atoms with E-state index in [9.17, 15) is 9.59 Å². The van der Waals surface area contributed by atoms with Gasteiger partial charge in [0.05, 0.1) is 0 Å². The molecule has 2 N–H and O–H groups in total. The minimum atomic E-state index is -0.813. The molecule has 1 heterocycles. The van der Waals surface area contributed by atoms with E-state index in [1.54, 1.807) is 12.4 Å². The van der Waals surface area contributed by atoms with E-state index in [1.807, 2.05) is 12.1 Å². The Kier molecular flexibility index (Phi) is 7.43. The summed E-state index contributed by atoms with van der Waals surface area (Å²) >= 11 is 0. The molecule has 0 radical (unpaired) electrons. The molecule has 0 aromatic carbocycles. The van der Waals surface area contributed by atoms with Gasteiger partial charge in [0.1, 0.15) is 0 Å². The van der Waals surface area contributed by atoms with Crippen LogP contribution in [0.15, 0.2) is 24.5 Å². The zero-order chi connectivity index (χ0) is 15.7. The number of amides is 1. The normalized spacial score (nSPS) is 12.1. The van der Waals surface area contributed by atoms with Crippen molar-refractivity contribution in [3.8, 4) is 0 Å². The Morgan fingerprint density at radius 2 is 1.95 bits per heavy atom. The molecule has 5 heteroatoms. The van der Waals surface area contributed by atoms with Gasteiger partial charge in [0.25, 0.3) is 0 Å². The van der Waals surface area contributed by atoms with Crippen LogP contribution in [-0.2, 0) is 16.0 Å². The molecule has 21 heavy (non-hydrogen) atoms. The van der Waals surface area contributed by atoms with Crippen LogP contribution >= 0.6 is 0 Å². The van der Waals surface area contributed by atoms with Gasteiger partial charge >= 0.3 is 5.97 Å². The average molecular weight is 292 g/mol. The van der Waals surface area contributed by atoms with Crippen molar-refractivity contribution in [3.05, 3.63) is 30.1 Å². The van der Waals surface area contributed by atoms with Crippen molar-refractivity contribution in [1.82, 2.24) is 10.3 Å². The predicted molar refractivity (Wildman–Crippen MR) is 80.8 cm³/mol. The third-order valence-electron chi connectivity index (χ3n) is 3.25. The summed E-state index contributed by atoms with van der Waals surface area (Å²) in [5.74, 6) is -0.437. The third kappa shape index (κ3) is 8.07. The number of carboxylic acids is 1. The molecule has 116 valence electrons. The van der Waals surface area contributed by atoms with Crippen LogP contribution in [0.25, 0.3) is 0 Å². The molecule has 5 nitrogen and oxygen atoms in total. The largest absolute Gasteiger partial charge is 0.481 e. The minimum Gasteiger partial charge on any atom is -0.481 e. The van der Waals surface area contributed by atoms with Gasteiger partial charge in [-0.1, -0.05) is 13.8 Å². The van der Waals surface area contributed by atoms with Crippen LogP contribution in [0.5, 0.6) is 0 Å². The molecule has 0 aliphatic carbocycles. The first-order valence-corrected chi connectivity index (χ1v) is 7.34. The second-order valence-corrected chi connectivity index (χ2v) is 5.75. The van der Waals surface area contributed by atoms with Crippen LogP contribution in [0, 0.1) is 11.8 Å². The quantitative estimate of drug-likeness (QED) is 0.731. The Balaban J connectivity index is 2.33. The van der Waals surface area contributed by atoms with E-state index in [0.29, 0.717) is 25.3 Å². The fourth-order valence-corrected chi connectivity index (χ4v) is 2.31. The summed E-state index contributed by atoms with van der Waals surface area (Å²) < 4.78 is 0. The molecule has 0 aliphatic rings. The van der Waals surface area contributed by atoms with E-state index < -0.39 is 5.97 Å². The monoisotopic (exact) mass is 292 g/mol. The van der Waals surface area contributed by atoms with Crippen LogP contribution in [0.2, 0.25) is 0 Å². The smallest absolute Gasteiger partial charge is 0.303 e. The Hall–Kier alpha value is -1.91. The average Bonchev–Trinajstić information content (AvgIpc) is 2.42. The fraction of sp³-hybridized carbons (Fsp3) is 0.562. The van der Waals surface area contributed by atoms with Crippen molar-refractivity contribution in [2.45, 2.75) is 39.5 Å². The van der Waals surface area contributed by atoms with Crippen molar-refractivity contribution >= 4 is 11.9 Å². The predicted octanol–water partition coefficient (Wildman–Crippen LogP) is 2.27. The second kappa shape index (κ2) is 9.10. The number of carbonyl (C=O) groups excluding carboxylic acids is 1. The van der Waals surface area contributed by atoms with Crippen molar-refractivity contribution in [2.24, 2.45) is 11.8 Å². The van der Waals surface area contributed by atoms with Crippen molar-refractivity contribution < 1.29 is 14.7 Å². The molecule has 1 amide bonds. The third-order valence-corrected chi connectivity index (χ3v) is 3.25. The maximum atomic E-state index is 11.8. The SMILES string of the molecule is CC(C)C[C@H](CNC(=O)CCc1ccncc1)CC(=O)O. The summed E-state index contributed by atoms with van der Waals surface area (Å²) in [6, 6.07) is 3.78. The number of carboxylic acid groups (broad SMARTS) is 1. The maximum Gasteiger partial charge on any atom is 0.303 e. The Labute approximate surface area is 125 Å². The standard InChI is InChI=1S/C16H24N2O3/c1-12(2)9-14(10-16(20)21)11-18-15(19)4-3-13-5-7-17-8-6-13/h5-8,12,14H,3-4,9-11H2,1-2H3,(H,18,19)(H,20,21)/t14-/m0/s1. The second-order valence-electron chi connectivity index (χ2n) is 5.75. The molecule has 0 aliphatic heterocycles. The molecule has 0 saturated carbocycles. The van der Waals surface area contributed by atoms with E-state index in [4.69, 9.17) is 5.11 Å². The lowest BCUT2D eigenvalue weighted by molar-refractivity contribution is -0.138. The lowest BCUT2D eigenvalue weighted by atomic mass is 9.94. The molecular weight excluding hydrogens is 268 g/mol. The van der Waals surface area contributed by atoms with Crippen molar-refractivity contribution in [2.75, 3.05) is 6.54 Å². The number of nitrogens with one attached hydrogen (secondary N) is 1. The summed E-state index contributed by atoms with van der Waals surface area (Å²) in [7, 11) is 0. The van der Waals surface area contributed by atoms with Gasteiger partial charge in [-0.3, -0.25) is 14.6 Å². The van der Waals surface area contributed by atoms with Crippen molar-refractivity contribution in [1.29, 1.82) is 0 Å². The number of carbonyl (C=O) groups is 2. The van der Waals surface area contributed by atoms with E-state index in [2.05, 4.69) is 24.1 Å². The van der Waals surface area contributed by atoms with Crippen LogP contribution in [0.4, 0.5) is 0 Å². The Bertz CT molecular complexity index is 446. The van der Waals surface area contributed by atoms with Gasteiger partial charge in [0.2, 0.25) is 5.91 Å². The summed E-state index contributed by atoms with van der Waals surface area (Å²) in [5, 5.41) is 11.7. The first-order chi connectivity index (χ1) is 9.97. The van der Waals surface area contributed by atoms with Gasteiger partial charge in [-0.05, 0) is 42.4 Å². The number of rotatable bonds is 9. The number of aromatic nitrogens is 1. The molecule has 0 spiro atoms. The van der Waals surface area contributed by atoms with E-state index >= 15 is 0 Å². The van der Waals surface area contributed by atoms with Crippen LogP contribution in [-0.4, -0.2) is 28.5 Å². The highest BCUT2D eigenvalue weighted by Crippen LogP contribution is 2.14. The maximum absolute atomic E-state index is 11.8. The number of hydrogen-bond acceptors (Lipinski definition) is 3. The minimum absolute atomic E-state index is 0.00706. The van der Waals surface area contributed by atoms with E-state index in [1.165, 1.54) is 0 Å². The molecule has 0 bridgehead atoms. The topological polar surface area (TPSA) is 79.3 Å². The molecule has 0 fully saturated rings.